The van der Waals surface area contributed by atoms with Crippen molar-refractivity contribution >= 4 is 0 Å². The fourth-order valence-electron chi connectivity index (χ4n) is 1.83. The first kappa shape index (κ1) is 17.0. The van der Waals surface area contributed by atoms with Crippen molar-refractivity contribution in [2.24, 2.45) is 5.41 Å². The van der Waals surface area contributed by atoms with Gasteiger partial charge in [0.05, 0.1) is 0 Å². The zero-order valence-electron chi connectivity index (χ0n) is 12.9. The number of hydrogen-bond donors (Lipinski definition) is 0. The SMILES string of the molecule is C=CC(=C)N(CC)CCCCCC(=C)C(C)(C)C. The highest BCUT2D eigenvalue weighted by atomic mass is 15.1. The Kier molecular flexibility index (Phi) is 7.73. The second-order valence-electron chi connectivity index (χ2n) is 5.94. The first-order chi connectivity index (χ1) is 8.32. The van der Waals surface area contributed by atoms with E-state index in [-0.39, 0.29) is 5.41 Å². The van der Waals surface area contributed by atoms with Crippen LogP contribution in [-0.2, 0) is 0 Å². The van der Waals surface area contributed by atoms with Gasteiger partial charge in [-0.25, -0.2) is 0 Å². The maximum absolute atomic E-state index is 4.18. The first-order valence-electron chi connectivity index (χ1n) is 7.07. The monoisotopic (exact) mass is 249 g/mol. The lowest BCUT2D eigenvalue weighted by Crippen LogP contribution is -2.22. The first-order valence-corrected chi connectivity index (χ1v) is 7.07. The number of rotatable bonds is 9. The van der Waals surface area contributed by atoms with Crippen LogP contribution in [0.5, 0.6) is 0 Å². The zero-order chi connectivity index (χ0) is 14.2. The van der Waals surface area contributed by atoms with E-state index < -0.39 is 0 Å². The van der Waals surface area contributed by atoms with Gasteiger partial charge in [0.25, 0.3) is 0 Å². The molecule has 0 radical (unpaired) electrons. The van der Waals surface area contributed by atoms with Gasteiger partial charge in [-0.2, -0.15) is 0 Å². The molecule has 0 fully saturated rings. The lowest BCUT2D eigenvalue weighted by Gasteiger charge is -2.24. The molecule has 0 aliphatic carbocycles. The summed E-state index contributed by atoms with van der Waals surface area (Å²) in [6.07, 6.45) is 6.71. The molecule has 0 amide bonds. The van der Waals surface area contributed by atoms with Gasteiger partial charge in [0.1, 0.15) is 0 Å². The molecule has 0 saturated heterocycles. The summed E-state index contributed by atoms with van der Waals surface area (Å²) < 4.78 is 0. The van der Waals surface area contributed by atoms with Crippen LogP contribution in [0.3, 0.4) is 0 Å². The third-order valence-electron chi connectivity index (χ3n) is 3.49. The van der Waals surface area contributed by atoms with E-state index in [1.54, 1.807) is 0 Å². The molecule has 0 spiro atoms. The lowest BCUT2D eigenvalue weighted by molar-refractivity contribution is 0.360. The minimum absolute atomic E-state index is 0.257. The van der Waals surface area contributed by atoms with Gasteiger partial charge in [-0.1, -0.05) is 52.5 Å². The Labute approximate surface area is 114 Å². The summed E-state index contributed by atoms with van der Waals surface area (Å²) in [5, 5.41) is 0. The molecule has 0 aliphatic rings. The zero-order valence-corrected chi connectivity index (χ0v) is 12.9. The van der Waals surface area contributed by atoms with Crippen molar-refractivity contribution in [3.05, 3.63) is 37.1 Å². The van der Waals surface area contributed by atoms with E-state index in [9.17, 15) is 0 Å². The molecule has 0 aromatic heterocycles. The van der Waals surface area contributed by atoms with Crippen LogP contribution in [0.15, 0.2) is 37.1 Å². The molecule has 0 unspecified atom stereocenters. The molecule has 0 bridgehead atoms. The Morgan fingerprint density at radius 2 is 1.72 bits per heavy atom. The molecule has 18 heavy (non-hydrogen) atoms. The van der Waals surface area contributed by atoms with Crippen LogP contribution < -0.4 is 0 Å². The summed E-state index contributed by atoms with van der Waals surface area (Å²) in [5.74, 6) is 0. The van der Waals surface area contributed by atoms with E-state index >= 15 is 0 Å². The Balaban J connectivity index is 3.77. The molecule has 0 aromatic carbocycles. The molecule has 0 heterocycles. The average molecular weight is 249 g/mol. The molecule has 0 aliphatic heterocycles. The van der Waals surface area contributed by atoms with E-state index in [4.69, 9.17) is 0 Å². The second-order valence-corrected chi connectivity index (χ2v) is 5.94. The summed E-state index contributed by atoms with van der Waals surface area (Å²) in [5.41, 5.74) is 2.66. The molecular formula is C17H31N. The molecule has 0 N–H and O–H groups in total. The van der Waals surface area contributed by atoms with Crippen LogP contribution >= 0.6 is 0 Å². The number of hydrogen-bond acceptors (Lipinski definition) is 1. The van der Waals surface area contributed by atoms with Gasteiger partial charge in [0.2, 0.25) is 0 Å². The van der Waals surface area contributed by atoms with Crippen LogP contribution in [-0.4, -0.2) is 18.0 Å². The third kappa shape index (κ3) is 6.68. The highest BCUT2D eigenvalue weighted by molar-refractivity contribution is 5.09. The minimum atomic E-state index is 0.257. The van der Waals surface area contributed by atoms with E-state index in [0.717, 1.165) is 25.2 Å². The molecular weight excluding hydrogens is 218 g/mol. The Hall–Kier alpha value is -0.980. The van der Waals surface area contributed by atoms with E-state index in [1.807, 2.05) is 6.08 Å². The highest BCUT2D eigenvalue weighted by Gasteiger charge is 2.13. The van der Waals surface area contributed by atoms with Crippen molar-refractivity contribution in [1.82, 2.24) is 4.90 Å². The van der Waals surface area contributed by atoms with Crippen molar-refractivity contribution in [2.75, 3.05) is 13.1 Å². The number of nitrogens with zero attached hydrogens (tertiary/aromatic N) is 1. The molecule has 0 rings (SSSR count). The lowest BCUT2D eigenvalue weighted by atomic mass is 9.84. The summed E-state index contributed by atoms with van der Waals surface area (Å²) in [6, 6.07) is 0. The van der Waals surface area contributed by atoms with Crippen molar-refractivity contribution in [1.29, 1.82) is 0 Å². The Morgan fingerprint density at radius 1 is 1.11 bits per heavy atom. The normalized spacial score (nSPS) is 11.1. The van der Waals surface area contributed by atoms with E-state index in [1.165, 1.54) is 24.8 Å². The molecule has 1 heteroatoms. The molecule has 0 saturated carbocycles. The van der Waals surface area contributed by atoms with Gasteiger partial charge >= 0.3 is 0 Å². The predicted molar refractivity (Wildman–Crippen MR) is 83.6 cm³/mol. The fraction of sp³-hybridized carbons (Fsp3) is 0.647. The molecule has 0 atom stereocenters. The van der Waals surface area contributed by atoms with Gasteiger partial charge in [0.15, 0.2) is 0 Å². The quantitative estimate of drug-likeness (QED) is 0.309. The van der Waals surface area contributed by atoms with E-state index in [2.05, 4.69) is 52.3 Å². The summed E-state index contributed by atoms with van der Waals surface area (Å²) in [4.78, 5) is 2.28. The Bertz CT molecular complexity index is 280. The van der Waals surface area contributed by atoms with Crippen molar-refractivity contribution in [3.63, 3.8) is 0 Å². The van der Waals surface area contributed by atoms with Gasteiger partial charge in [-0.15, -0.1) is 0 Å². The molecule has 1 nitrogen and oxygen atoms in total. The average Bonchev–Trinajstić information content (AvgIpc) is 2.31. The van der Waals surface area contributed by atoms with Crippen LogP contribution in [0, 0.1) is 5.41 Å². The summed E-state index contributed by atoms with van der Waals surface area (Å²) in [7, 11) is 0. The topological polar surface area (TPSA) is 3.24 Å². The molecule has 0 aromatic rings. The van der Waals surface area contributed by atoms with Crippen molar-refractivity contribution in [3.8, 4) is 0 Å². The maximum atomic E-state index is 4.18. The van der Waals surface area contributed by atoms with Crippen molar-refractivity contribution in [2.45, 2.75) is 53.4 Å². The number of allylic oxidation sites excluding steroid dienone is 2. The van der Waals surface area contributed by atoms with Crippen LogP contribution in [0.25, 0.3) is 0 Å². The van der Waals surface area contributed by atoms with Crippen molar-refractivity contribution < 1.29 is 0 Å². The van der Waals surface area contributed by atoms with Crippen LogP contribution in [0.2, 0.25) is 0 Å². The maximum Gasteiger partial charge on any atom is 0.0287 e. The van der Waals surface area contributed by atoms with Gasteiger partial charge < -0.3 is 4.90 Å². The van der Waals surface area contributed by atoms with Crippen LogP contribution in [0.1, 0.15) is 53.4 Å². The predicted octanol–water partition coefficient (Wildman–Crippen LogP) is 5.17. The van der Waals surface area contributed by atoms with E-state index in [0.29, 0.717) is 0 Å². The fourth-order valence-corrected chi connectivity index (χ4v) is 1.83. The van der Waals surface area contributed by atoms with Gasteiger partial charge in [-0.05, 0) is 37.7 Å². The largest absolute Gasteiger partial charge is 0.372 e. The van der Waals surface area contributed by atoms with Gasteiger partial charge in [0, 0.05) is 18.8 Å². The Morgan fingerprint density at radius 3 is 2.17 bits per heavy atom. The van der Waals surface area contributed by atoms with Gasteiger partial charge in [-0.3, -0.25) is 0 Å². The molecule has 104 valence electrons. The summed E-state index contributed by atoms with van der Waals surface area (Å²) >= 11 is 0. The number of likely N-dealkylation sites (N-methyl/N-ethyl adjacent to an activating group) is 1. The number of unbranched alkanes of at least 4 members (excludes halogenated alkanes) is 2. The third-order valence-corrected chi connectivity index (χ3v) is 3.49. The smallest absolute Gasteiger partial charge is 0.0287 e. The summed E-state index contributed by atoms with van der Waals surface area (Å²) in [6.45, 7) is 22.9. The van der Waals surface area contributed by atoms with Crippen LogP contribution in [0.4, 0.5) is 0 Å². The minimum Gasteiger partial charge on any atom is -0.372 e. The highest BCUT2D eigenvalue weighted by Crippen LogP contribution is 2.27. The standard InChI is InChI=1S/C17H31N/c1-8-16(4)18(9-2)14-12-10-11-13-15(3)17(5,6)7/h8H,1,3-4,9-14H2,2,5-7H3. The second kappa shape index (κ2) is 8.18.